The molecule has 1 heteroatoms. The van der Waals surface area contributed by atoms with E-state index in [1.165, 1.54) is 38.6 Å². The second-order valence-electron chi connectivity index (χ2n) is 5.36. The molecule has 0 aromatic rings. The number of rotatable bonds is 5. The van der Waals surface area contributed by atoms with Gasteiger partial charge in [0.25, 0.3) is 0 Å². The smallest absolute Gasteiger partial charge is 0.00619 e. The first kappa shape index (κ1) is 10.5. The van der Waals surface area contributed by atoms with Gasteiger partial charge in [0.05, 0.1) is 0 Å². The molecule has 0 amide bonds. The van der Waals surface area contributed by atoms with E-state index in [-0.39, 0.29) is 0 Å². The molecule has 1 nitrogen and oxygen atoms in total. The molecule has 3 atom stereocenters. The van der Waals surface area contributed by atoms with E-state index in [0.29, 0.717) is 0 Å². The Labute approximate surface area is 88.7 Å². The van der Waals surface area contributed by atoms with Crippen LogP contribution in [0.15, 0.2) is 0 Å². The summed E-state index contributed by atoms with van der Waals surface area (Å²) in [6.45, 7) is 5.89. The van der Waals surface area contributed by atoms with Gasteiger partial charge in [-0.15, -0.1) is 0 Å². The fourth-order valence-electron chi connectivity index (χ4n) is 3.52. The van der Waals surface area contributed by atoms with E-state index in [1.54, 1.807) is 6.42 Å². The van der Waals surface area contributed by atoms with Gasteiger partial charge in [0.2, 0.25) is 0 Å². The molecule has 0 heterocycles. The third kappa shape index (κ3) is 2.13. The standard InChI is InChI=1S/C13H25N/c1-3-13(4-2)14-9-12-8-10-5-6-11(12)7-10/h10-14H,3-9H2,1-2H3/t10-,11+,12-/m0/s1. The minimum atomic E-state index is 0.772. The topological polar surface area (TPSA) is 12.0 Å². The number of hydrogen-bond donors (Lipinski definition) is 1. The Morgan fingerprint density at radius 3 is 2.43 bits per heavy atom. The maximum Gasteiger partial charge on any atom is 0.00619 e. The molecule has 0 aromatic heterocycles. The van der Waals surface area contributed by atoms with Gasteiger partial charge in [-0.1, -0.05) is 20.3 Å². The molecule has 2 rings (SSSR count). The van der Waals surface area contributed by atoms with Crippen molar-refractivity contribution >= 4 is 0 Å². The molecular formula is C13H25N. The van der Waals surface area contributed by atoms with Gasteiger partial charge < -0.3 is 5.32 Å². The van der Waals surface area contributed by atoms with Crippen molar-refractivity contribution in [1.82, 2.24) is 5.32 Å². The van der Waals surface area contributed by atoms with Gasteiger partial charge in [0, 0.05) is 6.04 Å². The van der Waals surface area contributed by atoms with E-state index in [0.717, 1.165) is 23.8 Å². The van der Waals surface area contributed by atoms with Gasteiger partial charge in [-0.05, 0) is 56.4 Å². The molecule has 0 spiro atoms. The Morgan fingerprint density at radius 2 is 1.93 bits per heavy atom. The van der Waals surface area contributed by atoms with E-state index < -0.39 is 0 Å². The summed E-state index contributed by atoms with van der Waals surface area (Å²) in [5.41, 5.74) is 0. The molecule has 14 heavy (non-hydrogen) atoms. The minimum absolute atomic E-state index is 0.772. The molecule has 0 radical (unpaired) electrons. The van der Waals surface area contributed by atoms with Crippen LogP contribution in [0.2, 0.25) is 0 Å². The van der Waals surface area contributed by atoms with Crippen LogP contribution in [0.1, 0.15) is 52.4 Å². The predicted octanol–water partition coefficient (Wildman–Crippen LogP) is 3.20. The molecule has 0 saturated heterocycles. The Hall–Kier alpha value is -0.0400. The van der Waals surface area contributed by atoms with E-state index in [2.05, 4.69) is 19.2 Å². The highest BCUT2D eigenvalue weighted by atomic mass is 14.9. The summed E-state index contributed by atoms with van der Waals surface area (Å²) < 4.78 is 0. The highest BCUT2D eigenvalue weighted by Gasteiger charge is 2.38. The van der Waals surface area contributed by atoms with E-state index >= 15 is 0 Å². The molecule has 0 aromatic carbocycles. The molecule has 2 bridgehead atoms. The van der Waals surface area contributed by atoms with Crippen molar-refractivity contribution in [2.75, 3.05) is 6.54 Å². The summed E-state index contributed by atoms with van der Waals surface area (Å²) in [5.74, 6) is 3.21. The summed E-state index contributed by atoms with van der Waals surface area (Å²) in [4.78, 5) is 0. The highest BCUT2D eigenvalue weighted by molar-refractivity contribution is 4.91. The van der Waals surface area contributed by atoms with E-state index in [4.69, 9.17) is 0 Å². The minimum Gasteiger partial charge on any atom is -0.314 e. The first-order chi connectivity index (χ1) is 6.83. The van der Waals surface area contributed by atoms with Crippen LogP contribution in [0.3, 0.4) is 0 Å². The SMILES string of the molecule is CCC(CC)NC[C@@H]1C[C@H]2CC[C@@H]1C2. The lowest BCUT2D eigenvalue weighted by Crippen LogP contribution is -2.34. The summed E-state index contributed by atoms with van der Waals surface area (Å²) in [7, 11) is 0. The van der Waals surface area contributed by atoms with Crippen molar-refractivity contribution in [3.63, 3.8) is 0 Å². The van der Waals surface area contributed by atoms with Gasteiger partial charge in [0.1, 0.15) is 0 Å². The molecule has 2 aliphatic carbocycles. The monoisotopic (exact) mass is 195 g/mol. The van der Waals surface area contributed by atoms with Crippen molar-refractivity contribution < 1.29 is 0 Å². The fraction of sp³-hybridized carbons (Fsp3) is 1.00. The Bertz CT molecular complexity index is 174. The van der Waals surface area contributed by atoms with Crippen LogP contribution in [0.5, 0.6) is 0 Å². The summed E-state index contributed by atoms with van der Waals surface area (Å²) in [6, 6.07) is 0.772. The second kappa shape index (κ2) is 4.65. The van der Waals surface area contributed by atoms with Crippen molar-refractivity contribution in [3.8, 4) is 0 Å². The molecule has 2 fully saturated rings. The predicted molar refractivity (Wildman–Crippen MR) is 61.3 cm³/mol. The third-order valence-electron chi connectivity index (χ3n) is 4.54. The first-order valence-corrected chi connectivity index (χ1v) is 6.56. The number of fused-ring (bicyclic) bond motifs is 2. The van der Waals surface area contributed by atoms with Gasteiger partial charge >= 0.3 is 0 Å². The van der Waals surface area contributed by atoms with Gasteiger partial charge in [-0.25, -0.2) is 0 Å². The van der Waals surface area contributed by atoms with Crippen LogP contribution in [0, 0.1) is 17.8 Å². The molecule has 0 aliphatic heterocycles. The van der Waals surface area contributed by atoms with Crippen molar-refractivity contribution in [3.05, 3.63) is 0 Å². The Kier molecular flexibility index (Phi) is 3.48. The molecule has 2 aliphatic rings. The maximum absolute atomic E-state index is 3.75. The summed E-state index contributed by atoms with van der Waals surface area (Å²) in [6.07, 6.45) is 8.72. The largest absolute Gasteiger partial charge is 0.314 e. The third-order valence-corrected chi connectivity index (χ3v) is 4.54. The Morgan fingerprint density at radius 1 is 1.14 bits per heavy atom. The number of hydrogen-bond acceptors (Lipinski definition) is 1. The average Bonchev–Trinajstić information content (AvgIpc) is 2.80. The summed E-state index contributed by atoms with van der Waals surface area (Å²) in [5, 5.41) is 3.75. The molecule has 2 saturated carbocycles. The van der Waals surface area contributed by atoms with Crippen molar-refractivity contribution in [2.45, 2.75) is 58.4 Å². The van der Waals surface area contributed by atoms with Crippen molar-refractivity contribution in [2.24, 2.45) is 17.8 Å². The van der Waals surface area contributed by atoms with Gasteiger partial charge in [0.15, 0.2) is 0 Å². The lowest BCUT2D eigenvalue weighted by molar-refractivity contribution is 0.302. The summed E-state index contributed by atoms with van der Waals surface area (Å²) >= 11 is 0. The number of nitrogens with one attached hydrogen (secondary N) is 1. The van der Waals surface area contributed by atoms with Crippen LogP contribution in [-0.4, -0.2) is 12.6 Å². The first-order valence-electron chi connectivity index (χ1n) is 6.56. The molecule has 82 valence electrons. The van der Waals surface area contributed by atoms with Crippen molar-refractivity contribution in [1.29, 1.82) is 0 Å². The molecular weight excluding hydrogens is 170 g/mol. The highest BCUT2D eigenvalue weighted by Crippen LogP contribution is 2.47. The molecule has 1 N–H and O–H groups in total. The van der Waals surface area contributed by atoms with Gasteiger partial charge in [-0.3, -0.25) is 0 Å². The van der Waals surface area contributed by atoms with Crippen LogP contribution < -0.4 is 5.32 Å². The quantitative estimate of drug-likeness (QED) is 0.710. The zero-order chi connectivity index (χ0) is 9.97. The zero-order valence-electron chi connectivity index (χ0n) is 9.76. The van der Waals surface area contributed by atoms with E-state index in [1.807, 2.05) is 0 Å². The van der Waals surface area contributed by atoms with Crippen LogP contribution in [0.4, 0.5) is 0 Å². The van der Waals surface area contributed by atoms with E-state index in [9.17, 15) is 0 Å². The lowest BCUT2D eigenvalue weighted by Gasteiger charge is -2.24. The van der Waals surface area contributed by atoms with Gasteiger partial charge in [-0.2, -0.15) is 0 Å². The van der Waals surface area contributed by atoms with Crippen LogP contribution >= 0.6 is 0 Å². The fourth-order valence-corrected chi connectivity index (χ4v) is 3.52. The Balaban J connectivity index is 1.71. The average molecular weight is 195 g/mol. The molecule has 0 unspecified atom stereocenters. The maximum atomic E-state index is 3.75. The lowest BCUT2D eigenvalue weighted by atomic mass is 9.88. The second-order valence-corrected chi connectivity index (χ2v) is 5.36. The zero-order valence-corrected chi connectivity index (χ0v) is 9.76. The van der Waals surface area contributed by atoms with Crippen LogP contribution in [-0.2, 0) is 0 Å². The van der Waals surface area contributed by atoms with Crippen LogP contribution in [0.25, 0.3) is 0 Å². The normalized spacial score (nSPS) is 35.8.